The SMILES string of the molecule is CCCc1c(CC)sc2nc(C)nc(N)c12. The summed E-state index contributed by atoms with van der Waals surface area (Å²) < 4.78 is 0. The first-order chi connectivity index (χ1) is 7.67. The van der Waals surface area contributed by atoms with E-state index in [1.165, 1.54) is 10.4 Å². The molecular weight excluding hydrogens is 218 g/mol. The lowest BCUT2D eigenvalue weighted by atomic mass is 10.1. The summed E-state index contributed by atoms with van der Waals surface area (Å²) in [4.78, 5) is 11.2. The highest BCUT2D eigenvalue weighted by Gasteiger charge is 2.14. The summed E-state index contributed by atoms with van der Waals surface area (Å²) in [7, 11) is 0. The van der Waals surface area contributed by atoms with Gasteiger partial charge in [0.2, 0.25) is 0 Å². The quantitative estimate of drug-likeness (QED) is 0.889. The van der Waals surface area contributed by atoms with Gasteiger partial charge in [-0.15, -0.1) is 11.3 Å². The topological polar surface area (TPSA) is 51.8 Å². The molecule has 0 aromatic carbocycles. The molecule has 0 saturated heterocycles. The van der Waals surface area contributed by atoms with Gasteiger partial charge in [0.1, 0.15) is 16.5 Å². The summed E-state index contributed by atoms with van der Waals surface area (Å²) in [6.07, 6.45) is 3.25. The lowest BCUT2D eigenvalue weighted by Gasteiger charge is -2.02. The van der Waals surface area contributed by atoms with E-state index in [2.05, 4.69) is 23.8 Å². The van der Waals surface area contributed by atoms with Crippen LogP contribution in [0, 0.1) is 6.92 Å². The van der Waals surface area contributed by atoms with Crippen LogP contribution in [0.15, 0.2) is 0 Å². The van der Waals surface area contributed by atoms with Crippen LogP contribution in [0.3, 0.4) is 0 Å². The van der Waals surface area contributed by atoms with Crippen LogP contribution < -0.4 is 5.73 Å². The van der Waals surface area contributed by atoms with Gasteiger partial charge < -0.3 is 5.73 Å². The number of nitrogens with zero attached hydrogens (tertiary/aromatic N) is 2. The molecule has 0 aliphatic heterocycles. The van der Waals surface area contributed by atoms with Gasteiger partial charge in [-0.05, 0) is 25.3 Å². The molecule has 0 aliphatic carbocycles. The molecule has 0 bridgehead atoms. The van der Waals surface area contributed by atoms with Crippen molar-refractivity contribution in [3.63, 3.8) is 0 Å². The van der Waals surface area contributed by atoms with Gasteiger partial charge in [-0.25, -0.2) is 9.97 Å². The summed E-state index contributed by atoms with van der Waals surface area (Å²) in [5.74, 6) is 1.40. The van der Waals surface area contributed by atoms with Crippen molar-refractivity contribution in [1.29, 1.82) is 0 Å². The molecule has 2 N–H and O–H groups in total. The van der Waals surface area contributed by atoms with E-state index in [-0.39, 0.29) is 0 Å². The maximum atomic E-state index is 6.01. The fraction of sp³-hybridized carbons (Fsp3) is 0.500. The fourth-order valence-electron chi connectivity index (χ4n) is 2.04. The zero-order valence-corrected chi connectivity index (χ0v) is 10.8. The molecule has 2 aromatic rings. The summed E-state index contributed by atoms with van der Waals surface area (Å²) in [6.45, 7) is 6.26. The lowest BCUT2D eigenvalue weighted by molar-refractivity contribution is 0.916. The van der Waals surface area contributed by atoms with Crippen LogP contribution in [0.25, 0.3) is 10.2 Å². The lowest BCUT2D eigenvalue weighted by Crippen LogP contribution is -1.97. The Morgan fingerprint density at radius 2 is 2.00 bits per heavy atom. The molecule has 2 heterocycles. The average Bonchev–Trinajstić information content (AvgIpc) is 2.57. The normalized spacial score (nSPS) is 11.2. The number of hydrogen-bond acceptors (Lipinski definition) is 4. The second-order valence-corrected chi connectivity index (χ2v) is 5.03. The Balaban J connectivity index is 2.73. The molecule has 0 radical (unpaired) electrons. The monoisotopic (exact) mass is 235 g/mol. The first kappa shape index (κ1) is 11.3. The number of aromatic nitrogens is 2. The van der Waals surface area contributed by atoms with Gasteiger partial charge >= 0.3 is 0 Å². The van der Waals surface area contributed by atoms with Gasteiger partial charge in [-0.1, -0.05) is 20.3 Å². The second-order valence-electron chi connectivity index (χ2n) is 3.94. The number of nitrogens with two attached hydrogens (primary N) is 1. The van der Waals surface area contributed by atoms with Crippen LogP contribution in [-0.2, 0) is 12.8 Å². The standard InChI is InChI=1S/C12H17N3S/c1-4-6-8-9(5-2)16-12-10(8)11(13)14-7(3)15-12/h4-6H2,1-3H3,(H2,13,14,15). The highest BCUT2D eigenvalue weighted by molar-refractivity contribution is 7.18. The van der Waals surface area contributed by atoms with Crippen molar-refractivity contribution >= 4 is 27.4 Å². The summed E-state index contributed by atoms with van der Waals surface area (Å²) in [5.41, 5.74) is 7.38. The summed E-state index contributed by atoms with van der Waals surface area (Å²) in [5, 5.41) is 1.09. The van der Waals surface area contributed by atoms with Crippen LogP contribution in [0.4, 0.5) is 5.82 Å². The number of aryl methyl sites for hydroxylation is 3. The van der Waals surface area contributed by atoms with Crippen LogP contribution in [0.1, 0.15) is 36.5 Å². The highest BCUT2D eigenvalue weighted by Crippen LogP contribution is 2.34. The third-order valence-electron chi connectivity index (χ3n) is 2.69. The molecule has 3 nitrogen and oxygen atoms in total. The maximum absolute atomic E-state index is 6.01. The van der Waals surface area contributed by atoms with Crippen molar-refractivity contribution in [3.8, 4) is 0 Å². The largest absolute Gasteiger partial charge is 0.383 e. The van der Waals surface area contributed by atoms with Crippen molar-refractivity contribution in [2.45, 2.75) is 40.0 Å². The minimum Gasteiger partial charge on any atom is -0.383 e. The molecular formula is C12H17N3S. The molecule has 4 heteroatoms. The maximum Gasteiger partial charge on any atom is 0.136 e. The second kappa shape index (κ2) is 4.37. The van der Waals surface area contributed by atoms with Crippen molar-refractivity contribution < 1.29 is 0 Å². The number of nitrogen functional groups attached to an aromatic ring is 1. The predicted molar refractivity (Wildman–Crippen MR) is 69.9 cm³/mol. The highest BCUT2D eigenvalue weighted by atomic mass is 32.1. The zero-order valence-electron chi connectivity index (χ0n) is 10.0. The molecule has 0 spiro atoms. The van der Waals surface area contributed by atoms with E-state index in [1.54, 1.807) is 11.3 Å². The number of rotatable bonds is 3. The van der Waals surface area contributed by atoms with Crippen LogP contribution in [0.5, 0.6) is 0 Å². The van der Waals surface area contributed by atoms with Crippen molar-refractivity contribution in [2.75, 3.05) is 5.73 Å². The Morgan fingerprint density at radius 3 is 2.62 bits per heavy atom. The van der Waals surface area contributed by atoms with Gasteiger partial charge in [0.15, 0.2) is 0 Å². The number of fused-ring (bicyclic) bond motifs is 1. The molecule has 0 aliphatic rings. The number of thiophene rings is 1. The first-order valence-electron chi connectivity index (χ1n) is 5.71. The van der Waals surface area contributed by atoms with Crippen LogP contribution in [0.2, 0.25) is 0 Å². The Labute approximate surface area is 99.7 Å². The molecule has 16 heavy (non-hydrogen) atoms. The van der Waals surface area contributed by atoms with Gasteiger partial charge in [0.25, 0.3) is 0 Å². The minimum absolute atomic E-state index is 0.641. The Bertz CT molecular complexity index is 516. The molecule has 0 saturated carbocycles. The van der Waals surface area contributed by atoms with Crippen LogP contribution >= 0.6 is 11.3 Å². The van der Waals surface area contributed by atoms with E-state index in [0.717, 1.165) is 35.3 Å². The molecule has 2 aromatic heterocycles. The Hall–Kier alpha value is -1.16. The Morgan fingerprint density at radius 1 is 1.25 bits per heavy atom. The van der Waals surface area contributed by atoms with Crippen molar-refractivity contribution in [2.24, 2.45) is 0 Å². The molecule has 0 amide bonds. The van der Waals surface area contributed by atoms with E-state index in [1.807, 2.05) is 6.92 Å². The third-order valence-corrected chi connectivity index (χ3v) is 3.97. The van der Waals surface area contributed by atoms with Gasteiger partial charge in [0.05, 0.1) is 5.39 Å². The van der Waals surface area contributed by atoms with E-state index >= 15 is 0 Å². The van der Waals surface area contributed by atoms with E-state index in [0.29, 0.717) is 5.82 Å². The van der Waals surface area contributed by atoms with Crippen molar-refractivity contribution in [3.05, 3.63) is 16.3 Å². The molecule has 0 fully saturated rings. The molecule has 0 atom stereocenters. The third kappa shape index (κ3) is 1.78. The molecule has 2 rings (SSSR count). The summed E-state index contributed by atoms with van der Waals surface area (Å²) in [6, 6.07) is 0. The Kier molecular flexibility index (Phi) is 3.10. The number of hydrogen-bond donors (Lipinski definition) is 1. The van der Waals surface area contributed by atoms with Gasteiger partial charge in [-0.2, -0.15) is 0 Å². The predicted octanol–water partition coefficient (Wildman–Crippen LogP) is 3.10. The molecule has 0 unspecified atom stereocenters. The zero-order chi connectivity index (χ0) is 11.7. The van der Waals surface area contributed by atoms with Gasteiger partial charge in [0, 0.05) is 4.88 Å². The smallest absolute Gasteiger partial charge is 0.136 e. The van der Waals surface area contributed by atoms with E-state index in [9.17, 15) is 0 Å². The van der Waals surface area contributed by atoms with Crippen molar-refractivity contribution in [1.82, 2.24) is 9.97 Å². The van der Waals surface area contributed by atoms with Crippen LogP contribution in [-0.4, -0.2) is 9.97 Å². The fourth-order valence-corrected chi connectivity index (χ4v) is 3.26. The molecule has 86 valence electrons. The van der Waals surface area contributed by atoms with E-state index < -0.39 is 0 Å². The first-order valence-corrected chi connectivity index (χ1v) is 6.53. The van der Waals surface area contributed by atoms with Gasteiger partial charge in [-0.3, -0.25) is 0 Å². The average molecular weight is 235 g/mol. The minimum atomic E-state index is 0.641. The summed E-state index contributed by atoms with van der Waals surface area (Å²) >= 11 is 1.76. The number of anilines is 1. The van der Waals surface area contributed by atoms with E-state index in [4.69, 9.17) is 5.73 Å².